The maximum atomic E-state index is 12.2. The van der Waals surface area contributed by atoms with Gasteiger partial charge in [0.15, 0.2) is 0 Å². The van der Waals surface area contributed by atoms with Crippen LogP contribution >= 0.6 is 0 Å². The van der Waals surface area contributed by atoms with E-state index in [1.165, 1.54) is 22.8 Å². The van der Waals surface area contributed by atoms with Gasteiger partial charge in [-0.2, -0.15) is 0 Å². The van der Waals surface area contributed by atoms with Gasteiger partial charge in [0.25, 0.3) is 0 Å². The molecule has 1 unspecified atom stereocenters. The molecule has 0 bridgehead atoms. The number of carbonyl (C=O) groups excluding carboxylic acids is 1. The number of nitrogens with zero attached hydrogens (tertiary/aromatic N) is 2. The SMILES string of the molecule is Cc1cc(/C=C/c2ccn(C(=O)OC3=CCC([N+](=O)[O-])C=C3)c2)cc(C)c1O. The highest BCUT2D eigenvalue weighted by molar-refractivity contribution is 5.75. The van der Waals surface area contributed by atoms with Gasteiger partial charge in [-0.15, -0.1) is 0 Å². The molecule has 3 rings (SSSR count). The number of allylic oxidation sites excluding steroid dienone is 1. The second-order valence-electron chi connectivity index (χ2n) is 6.61. The van der Waals surface area contributed by atoms with Crippen LogP contribution in [0.2, 0.25) is 0 Å². The van der Waals surface area contributed by atoms with Gasteiger partial charge in [-0.05, 0) is 72.5 Å². The molecular weight excluding hydrogens is 360 g/mol. The topological polar surface area (TPSA) is 94.6 Å². The molecule has 28 heavy (non-hydrogen) atoms. The number of aromatic hydroxyl groups is 1. The number of ether oxygens (including phenoxy) is 1. The van der Waals surface area contributed by atoms with E-state index < -0.39 is 12.1 Å². The van der Waals surface area contributed by atoms with Gasteiger partial charge in [0, 0.05) is 23.7 Å². The number of benzene rings is 1. The average Bonchev–Trinajstić information content (AvgIpc) is 3.14. The Morgan fingerprint density at radius 2 is 1.96 bits per heavy atom. The van der Waals surface area contributed by atoms with Gasteiger partial charge in [-0.1, -0.05) is 12.2 Å². The highest BCUT2D eigenvalue weighted by atomic mass is 16.6. The van der Waals surface area contributed by atoms with E-state index in [0.29, 0.717) is 11.5 Å². The van der Waals surface area contributed by atoms with E-state index in [2.05, 4.69) is 0 Å². The molecule has 1 atom stereocenters. The van der Waals surface area contributed by atoms with E-state index in [1.54, 1.807) is 18.5 Å². The zero-order valence-corrected chi connectivity index (χ0v) is 15.5. The van der Waals surface area contributed by atoms with Crippen LogP contribution in [0.1, 0.15) is 28.7 Å². The molecule has 0 spiro atoms. The van der Waals surface area contributed by atoms with Crippen LogP contribution in [-0.4, -0.2) is 26.7 Å². The van der Waals surface area contributed by atoms with E-state index in [1.807, 2.05) is 38.1 Å². The van der Waals surface area contributed by atoms with Gasteiger partial charge in [-0.25, -0.2) is 4.79 Å². The third kappa shape index (κ3) is 4.37. The van der Waals surface area contributed by atoms with E-state index in [-0.39, 0.29) is 11.3 Å². The summed E-state index contributed by atoms with van der Waals surface area (Å²) in [7, 11) is 0. The summed E-state index contributed by atoms with van der Waals surface area (Å²) >= 11 is 0. The maximum Gasteiger partial charge on any atom is 0.423 e. The molecule has 144 valence electrons. The Hall–Kier alpha value is -3.61. The van der Waals surface area contributed by atoms with Crippen molar-refractivity contribution in [2.24, 2.45) is 0 Å². The molecule has 2 aromatic rings. The van der Waals surface area contributed by atoms with Crippen molar-refractivity contribution in [1.82, 2.24) is 4.57 Å². The van der Waals surface area contributed by atoms with Gasteiger partial charge in [0.1, 0.15) is 11.5 Å². The summed E-state index contributed by atoms with van der Waals surface area (Å²) in [6.07, 6.45) is 11.0. The highest BCUT2D eigenvalue weighted by Gasteiger charge is 2.20. The Labute approximate surface area is 162 Å². The van der Waals surface area contributed by atoms with Gasteiger partial charge in [0.2, 0.25) is 6.04 Å². The minimum Gasteiger partial charge on any atom is -0.507 e. The number of carbonyl (C=O) groups is 1. The van der Waals surface area contributed by atoms with Crippen molar-refractivity contribution in [2.45, 2.75) is 26.3 Å². The molecule has 0 aliphatic heterocycles. The normalized spacial score (nSPS) is 16.2. The molecular formula is C21H20N2O5. The lowest BCUT2D eigenvalue weighted by Gasteiger charge is -2.10. The van der Waals surface area contributed by atoms with Crippen LogP contribution in [0.15, 0.2) is 54.6 Å². The fraction of sp³-hybridized carbons (Fsp3) is 0.190. The highest BCUT2D eigenvalue weighted by Crippen LogP contribution is 2.24. The summed E-state index contributed by atoms with van der Waals surface area (Å²) in [5.74, 6) is 0.589. The summed E-state index contributed by atoms with van der Waals surface area (Å²) in [6, 6.07) is 4.75. The molecule has 1 N–H and O–H groups in total. The van der Waals surface area contributed by atoms with Crippen LogP contribution < -0.4 is 0 Å². The number of aromatic nitrogens is 1. The number of aryl methyl sites for hydroxylation is 2. The zero-order chi connectivity index (χ0) is 20.3. The quantitative estimate of drug-likeness (QED) is 0.624. The number of nitro groups is 1. The summed E-state index contributed by atoms with van der Waals surface area (Å²) in [6.45, 7) is 3.68. The molecule has 0 fully saturated rings. The van der Waals surface area contributed by atoms with E-state index in [4.69, 9.17) is 4.74 Å². The van der Waals surface area contributed by atoms with Crippen molar-refractivity contribution in [3.05, 3.63) is 86.9 Å². The first-order valence-electron chi connectivity index (χ1n) is 8.74. The van der Waals surface area contributed by atoms with E-state index >= 15 is 0 Å². The Kier molecular flexibility index (Phi) is 5.44. The molecule has 0 saturated carbocycles. The van der Waals surface area contributed by atoms with Crippen LogP contribution in [0.3, 0.4) is 0 Å². The smallest absolute Gasteiger partial charge is 0.423 e. The molecule has 1 aromatic carbocycles. The number of phenolic OH excluding ortho intramolecular Hbond substituents is 1. The second kappa shape index (κ2) is 7.96. The van der Waals surface area contributed by atoms with Crippen molar-refractivity contribution >= 4 is 18.2 Å². The predicted molar refractivity (Wildman–Crippen MR) is 105 cm³/mol. The number of phenols is 1. The van der Waals surface area contributed by atoms with Crippen LogP contribution in [-0.2, 0) is 4.74 Å². The molecule has 7 heteroatoms. The minimum atomic E-state index is -0.780. The number of hydrogen-bond donors (Lipinski definition) is 1. The van der Waals surface area contributed by atoms with Gasteiger partial charge in [-0.3, -0.25) is 14.7 Å². The second-order valence-corrected chi connectivity index (χ2v) is 6.61. The Balaban J connectivity index is 1.65. The largest absolute Gasteiger partial charge is 0.507 e. The van der Waals surface area contributed by atoms with Crippen LogP contribution in [0.25, 0.3) is 12.2 Å². The number of hydrogen-bond acceptors (Lipinski definition) is 5. The summed E-state index contributed by atoms with van der Waals surface area (Å²) in [5, 5.41) is 20.6. The van der Waals surface area contributed by atoms with E-state index in [9.17, 15) is 20.0 Å². The lowest BCUT2D eigenvalue weighted by molar-refractivity contribution is -0.508. The Bertz CT molecular complexity index is 991. The predicted octanol–water partition coefficient (Wildman–Crippen LogP) is 4.45. The molecule has 1 heterocycles. The lowest BCUT2D eigenvalue weighted by Crippen LogP contribution is -2.19. The first kappa shape index (κ1) is 19.2. The van der Waals surface area contributed by atoms with Gasteiger partial charge < -0.3 is 9.84 Å². The van der Waals surface area contributed by atoms with Gasteiger partial charge in [0.05, 0.1) is 0 Å². The van der Waals surface area contributed by atoms with Crippen molar-refractivity contribution in [2.75, 3.05) is 0 Å². The fourth-order valence-electron chi connectivity index (χ4n) is 2.88. The fourth-order valence-corrected chi connectivity index (χ4v) is 2.88. The molecule has 1 aromatic heterocycles. The van der Waals surface area contributed by atoms with Crippen molar-refractivity contribution < 1.29 is 19.6 Å². The summed E-state index contributed by atoms with van der Waals surface area (Å²) in [5.41, 5.74) is 3.35. The standard InChI is InChI=1S/C21H20N2O5/c1-14-11-17(12-15(2)20(14)24)4-3-16-9-10-22(13-16)21(25)28-19-7-5-18(6-8-19)23(26)27/h3-5,7-13,18,24H,6H2,1-2H3/b4-3+. The third-order valence-corrected chi connectivity index (χ3v) is 4.43. The Morgan fingerprint density at radius 1 is 1.29 bits per heavy atom. The summed E-state index contributed by atoms with van der Waals surface area (Å²) in [4.78, 5) is 22.6. The van der Waals surface area contributed by atoms with Crippen LogP contribution in [0.5, 0.6) is 5.75 Å². The molecule has 1 aliphatic rings. The molecule has 0 saturated heterocycles. The van der Waals surface area contributed by atoms with Crippen LogP contribution in [0, 0.1) is 24.0 Å². The zero-order valence-electron chi connectivity index (χ0n) is 15.5. The molecule has 0 radical (unpaired) electrons. The lowest BCUT2D eigenvalue weighted by atomic mass is 10.1. The third-order valence-electron chi connectivity index (χ3n) is 4.43. The molecule has 0 amide bonds. The van der Waals surface area contributed by atoms with Crippen LogP contribution in [0.4, 0.5) is 4.79 Å². The average molecular weight is 380 g/mol. The maximum absolute atomic E-state index is 12.2. The van der Waals surface area contributed by atoms with Crippen molar-refractivity contribution in [3.63, 3.8) is 0 Å². The first-order valence-corrected chi connectivity index (χ1v) is 8.74. The van der Waals surface area contributed by atoms with Crippen molar-refractivity contribution in [1.29, 1.82) is 0 Å². The minimum absolute atomic E-state index is 0.192. The number of rotatable bonds is 4. The molecule has 7 nitrogen and oxygen atoms in total. The first-order chi connectivity index (χ1) is 13.3. The van der Waals surface area contributed by atoms with Gasteiger partial charge >= 0.3 is 6.09 Å². The van der Waals surface area contributed by atoms with E-state index in [0.717, 1.165) is 22.3 Å². The monoisotopic (exact) mass is 380 g/mol. The Morgan fingerprint density at radius 3 is 2.57 bits per heavy atom. The van der Waals surface area contributed by atoms with Crippen molar-refractivity contribution in [3.8, 4) is 5.75 Å². The molecule has 1 aliphatic carbocycles. The summed E-state index contributed by atoms with van der Waals surface area (Å²) < 4.78 is 6.56.